The van der Waals surface area contributed by atoms with Crippen LogP contribution in [0.2, 0.25) is 0 Å². The summed E-state index contributed by atoms with van der Waals surface area (Å²) in [5, 5.41) is 8.60. The van der Waals surface area contributed by atoms with Gasteiger partial charge in [-0.05, 0) is 79.6 Å². The van der Waals surface area contributed by atoms with E-state index < -0.39 is 0 Å². The summed E-state index contributed by atoms with van der Waals surface area (Å²) in [7, 11) is 0. The van der Waals surface area contributed by atoms with Gasteiger partial charge in [0.15, 0.2) is 17.5 Å². The Hall–Kier alpha value is -4.69. The van der Waals surface area contributed by atoms with E-state index in [1.807, 2.05) is 59.3 Å². The summed E-state index contributed by atoms with van der Waals surface area (Å²) >= 11 is 3.71. The molecule has 2 aliphatic rings. The number of aromatic nitrogens is 2. The quantitative estimate of drug-likeness (QED) is 0.182. The minimum absolute atomic E-state index is 0.180. The number of benzene rings is 4. The Balaban J connectivity index is 1.39. The van der Waals surface area contributed by atoms with Gasteiger partial charge in [0.05, 0.1) is 35.4 Å². The van der Waals surface area contributed by atoms with E-state index in [1.54, 1.807) is 0 Å². The monoisotopic (exact) mass is 630 g/mol. The first-order chi connectivity index (χ1) is 21.1. The Morgan fingerprint density at radius 3 is 2.47 bits per heavy atom. The fourth-order valence-corrected chi connectivity index (χ4v) is 6.06. The number of fused-ring (bicyclic) bond motifs is 4. The SMILES string of the molecule is CCCCOc1ccc(NC2=Nc3ccccc3N3C2=Nc2c(c(C)nn2-c2ccccc2)[C@H]3c2cccc(Br)c2)cc1. The maximum atomic E-state index is 5.89. The van der Waals surface area contributed by atoms with Crippen molar-refractivity contribution < 1.29 is 4.74 Å². The van der Waals surface area contributed by atoms with Crippen molar-refractivity contribution >= 4 is 50.5 Å². The number of amidine groups is 2. The van der Waals surface area contributed by atoms with Crippen molar-refractivity contribution in [2.24, 2.45) is 9.98 Å². The molecule has 2 aliphatic heterocycles. The first-order valence-electron chi connectivity index (χ1n) is 14.6. The van der Waals surface area contributed by atoms with Gasteiger partial charge in [0.25, 0.3) is 0 Å². The Kier molecular flexibility index (Phi) is 7.28. The summed E-state index contributed by atoms with van der Waals surface area (Å²) in [6.45, 7) is 4.94. The fraction of sp³-hybridized carbons (Fsp3) is 0.171. The first-order valence-corrected chi connectivity index (χ1v) is 15.4. The molecule has 43 heavy (non-hydrogen) atoms. The number of aliphatic imine (C=N–C) groups is 2. The fourth-order valence-electron chi connectivity index (χ4n) is 5.64. The number of para-hydroxylation sites is 3. The molecule has 0 amide bonds. The van der Waals surface area contributed by atoms with Crippen molar-refractivity contribution in [2.75, 3.05) is 16.8 Å². The Bertz CT molecular complexity index is 1840. The molecule has 5 aromatic rings. The number of unbranched alkanes of at least 4 members (excludes halogenated alkanes) is 1. The molecule has 0 aliphatic carbocycles. The normalized spacial score (nSPS) is 15.1. The largest absolute Gasteiger partial charge is 0.494 e. The van der Waals surface area contributed by atoms with Crippen molar-refractivity contribution in [3.8, 4) is 11.4 Å². The minimum Gasteiger partial charge on any atom is -0.494 e. The van der Waals surface area contributed by atoms with Gasteiger partial charge in [0.1, 0.15) is 5.75 Å². The summed E-state index contributed by atoms with van der Waals surface area (Å²) in [6.07, 6.45) is 2.14. The number of hydrogen-bond donors (Lipinski definition) is 1. The lowest BCUT2D eigenvalue weighted by Gasteiger charge is -2.40. The maximum Gasteiger partial charge on any atom is 0.179 e. The Morgan fingerprint density at radius 1 is 0.884 bits per heavy atom. The van der Waals surface area contributed by atoms with Crippen molar-refractivity contribution in [2.45, 2.75) is 32.7 Å². The molecule has 0 radical (unpaired) electrons. The van der Waals surface area contributed by atoms with Crippen molar-refractivity contribution in [3.63, 3.8) is 0 Å². The Morgan fingerprint density at radius 2 is 1.67 bits per heavy atom. The molecule has 1 atom stereocenters. The van der Waals surface area contributed by atoms with Crippen LogP contribution in [-0.2, 0) is 0 Å². The van der Waals surface area contributed by atoms with Gasteiger partial charge in [-0.1, -0.05) is 71.7 Å². The molecular formula is C35H31BrN6O. The van der Waals surface area contributed by atoms with Crippen LogP contribution in [-0.4, -0.2) is 28.1 Å². The second-order valence-electron chi connectivity index (χ2n) is 10.6. The van der Waals surface area contributed by atoms with Crippen LogP contribution in [0, 0.1) is 6.92 Å². The minimum atomic E-state index is -0.180. The summed E-state index contributed by atoms with van der Waals surface area (Å²) < 4.78 is 8.85. The van der Waals surface area contributed by atoms with E-state index in [1.165, 1.54) is 0 Å². The van der Waals surface area contributed by atoms with Crippen LogP contribution in [0.4, 0.5) is 22.9 Å². The predicted molar refractivity (Wildman–Crippen MR) is 178 cm³/mol. The van der Waals surface area contributed by atoms with Crippen LogP contribution in [0.1, 0.15) is 42.6 Å². The highest BCUT2D eigenvalue weighted by Crippen LogP contribution is 2.48. The molecule has 214 valence electrons. The van der Waals surface area contributed by atoms with Gasteiger partial charge in [-0.3, -0.25) is 0 Å². The van der Waals surface area contributed by atoms with Gasteiger partial charge in [-0.25, -0.2) is 14.7 Å². The van der Waals surface area contributed by atoms with E-state index in [0.717, 1.165) is 74.3 Å². The van der Waals surface area contributed by atoms with Gasteiger partial charge < -0.3 is 15.0 Å². The van der Waals surface area contributed by atoms with E-state index in [-0.39, 0.29) is 6.04 Å². The number of nitrogens with zero attached hydrogens (tertiary/aromatic N) is 5. The highest BCUT2D eigenvalue weighted by molar-refractivity contribution is 9.10. The Labute approximate surface area is 259 Å². The molecule has 0 unspecified atom stereocenters. The maximum absolute atomic E-state index is 5.89. The molecule has 0 fully saturated rings. The number of hydrogen-bond acceptors (Lipinski definition) is 6. The number of ether oxygens (including phenoxy) is 1. The molecule has 1 aromatic heterocycles. The zero-order valence-corrected chi connectivity index (χ0v) is 25.6. The lowest BCUT2D eigenvalue weighted by Crippen LogP contribution is -2.46. The summed E-state index contributed by atoms with van der Waals surface area (Å²) in [4.78, 5) is 12.7. The van der Waals surface area contributed by atoms with Crippen LogP contribution in [0.25, 0.3) is 5.69 Å². The summed E-state index contributed by atoms with van der Waals surface area (Å²) in [5.74, 6) is 3.06. The molecule has 8 heteroatoms. The van der Waals surface area contributed by atoms with Crippen LogP contribution in [0.15, 0.2) is 118 Å². The van der Waals surface area contributed by atoms with Crippen LogP contribution in [0.5, 0.6) is 5.75 Å². The molecule has 0 saturated heterocycles. The van der Waals surface area contributed by atoms with E-state index in [9.17, 15) is 0 Å². The topological polar surface area (TPSA) is 67.0 Å². The molecule has 0 spiro atoms. The predicted octanol–water partition coefficient (Wildman–Crippen LogP) is 8.92. The van der Waals surface area contributed by atoms with Gasteiger partial charge >= 0.3 is 0 Å². The second-order valence-corrected chi connectivity index (χ2v) is 11.5. The van der Waals surface area contributed by atoms with Gasteiger partial charge in [-0.2, -0.15) is 5.10 Å². The average molecular weight is 632 g/mol. The van der Waals surface area contributed by atoms with Crippen molar-refractivity contribution in [1.82, 2.24) is 9.78 Å². The number of aryl methyl sites for hydroxylation is 1. The number of nitrogens with one attached hydrogen (secondary N) is 1. The van der Waals surface area contributed by atoms with E-state index in [4.69, 9.17) is 19.8 Å². The molecule has 0 saturated carbocycles. The highest BCUT2D eigenvalue weighted by atomic mass is 79.9. The summed E-state index contributed by atoms with van der Waals surface area (Å²) in [6, 6.07) is 34.7. The molecule has 1 N–H and O–H groups in total. The summed E-state index contributed by atoms with van der Waals surface area (Å²) in [5.41, 5.74) is 6.85. The number of rotatable bonds is 7. The lowest BCUT2D eigenvalue weighted by atomic mass is 9.93. The second kappa shape index (κ2) is 11.5. The standard InChI is InChI=1S/C35H31BrN6O/c1-3-4-21-43-28-19-17-26(18-20-28)37-33-35-39-34-31(23(2)40-42(34)27-13-6-5-7-14-27)32(24-11-10-12-25(36)22-24)41(35)30-16-9-8-15-29(30)38-33/h5-20,22,32H,3-4,21H2,1-2H3,(H,37,38)/t32-/m1/s1. The van der Waals surface area contributed by atoms with Gasteiger partial charge in [0, 0.05) is 15.7 Å². The van der Waals surface area contributed by atoms with Crippen LogP contribution in [0.3, 0.4) is 0 Å². The highest BCUT2D eigenvalue weighted by Gasteiger charge is 2.41. The number of halogens is 1. The molecule has 0 bridgehead atoms. The van der Waals surface area contributed by atoms with Crippen molar-refractivity contribution in [3.05, 3.63) is 124 Å². The van der Waals surface area contributed by atoms with E-state index >= 15 is 0 Å². The van der Waals surface area contributed by atoms with E-state index in [2.05, 4.69) is 88.5 Å². The smallest absolute Gasteiger partial charge is 0.179 e. The first kappa shape index (κ1) is 27.2. The lowest BCUT2D eigenvalue weighted by molar-refractivity contribution is 0.309. The van der Waals surface area contributed by atoms with Gasteiger partial charge in [0.2, 0.25) is 0 Å². The molecule has 7 rings (SSSR count). The number of anilines is 2. The molecule has 3 heterocycles. The average Bonchev–Trinajstić information content (AvgIpc) is 3.37. The van der Waals surface area contributed by atoms with Crippen LogP contribution >= 0.6 is 15.9 Å². The zero-order valence-electron chi connectivity index (χ0n) is 24.0. The van der Waals surface area contributed by atoms with Gasteiger partial charge in [-0.15, -0.1) is 0 Å². The molecule has 4 aromatic carbocycles. The van der Waals surface area contributed by atoms with Crippen LogP contribution < -0.4 is 15.0 Å². The third-order valence-corrected chi connectivity index (χ3v) is 8.18. The third-order valence-electron chi connectivity index (χ3n) is 7.69. The molecule has 7 nitrogen and oxygen atoms in total. The van der Waals surface area contributed by atoms with E-state index in [0.29, 0.717) is 12.4 Å². The van der Waals surface area contributed by atoms with Crippen molar-refractivity contribution in [1.29, 1.82) is 0 Å². The molecular weight excluding hydrogens is 600 g/mol. The third kappa shape index (κ3) is 5.12. The zero-order chi connectivity index (χ0) is 29.3.